The number of rotatable bonds is 6. The number of halogens is 1. The zero-order valence-corrected chi connectivity index (χ0v) is 11.2. The number of aliphatic hydroxyl groups excluding tert-OH is 1. The van der Waals surface area contributed by atoms with Crippen molar-refractivity contribution in [3.05, 3.63) is 75.6 Å². The van der Waals surface area contributed by atoms with Gasteiger partial charge in [-0.25, -0.2) is 0 Å². The molecular formula is C15H15FN2O3. The molecule has 1 unspecified atom stereocenters. The lowest BCUT2D eigenvalue weighted by Gasteiger charge is -2.16. The molecule has 1 atom stereocenters. The maximum absolute atomic E-state index is 13.5. The summed E-state index contributed by atoms with van der Waals surface area (Å²) in [6.45, 7) is 0.203. The van der Waals surface area contributed by atoms with E-state index in [1.807, 2.05) is 30.3 Å². The van der Waals surface area contributed by atoms with Crippen molar-refractivity contribution in [2.45, 2.75) is 12.6 Å². The SMILES string of the molecule is O=[N+]([O-])c1ccc(CNC(CO)c2ccccc2)cc1F. The minimum atomic E-state index is -0.862. The fourth-order valence-electron chi connectivity index (χ4n) is 2.02. The summed E-state index contributed by atoms with van der Waals surface area (Å²) in [6.07, 6.45) is 0. The topological polar surface area (TPSA) is 75.4 Å². The van der Waals surface area contributed by atoms with Gasteiger partial charge in [-0.05, 0) is 17.2 Å². The highest BCUT2D eigenvalue weighted by Crippen LogP contribution is 2.19. The smallest absolute Gasteiger partial charge is 0.304 e. The van der Waals surface area contributed by atoms with E-state index < -0.39 is 16.4 Å². The third-order valence-corrected chi connectivity index (χ3v) is 3.15. The van der Waals surface area contributed by atoms with Crippen LogP contribution < -0.4 is 5.32 Å². The van der Waals surface area contributed by atoms with Crippen molar-refractivity contribution < 1.29 is 14.4 Å². The van der Waals surface area contributed by atoms with Gasteiger partial charge in [0.2, 0.25) is 5.82 Å². The molecule has 0 saturated heterocycles. The van der Waals surface area contributed by atoms with Crippen LogP contribution in [0.4, 0.5) is 10.1 Å². The van der Waals surface area contributed by atoms with Gasteiger partial charge in [-0.15, -0.1) is 0 Å². The molecule has 2 N–H and O–H groups in total. The van der Waals surface area contributed by atoms with E-state index in [-0.39, 0.29) is 12.6 Å². The van der Waals surface area contributed by atoms with Crippen molar-refractivity contribution in [2.24, 2.45) is 0 Å². The second-order valence-corrected chi connectivity index (χ2v) is 4.57. The molecule has 0 fully saturated rings. The molecule has 0 amide bonds. The van der Waals surface area contributed by atoms with E-state index in [1.54, 1.807) is 0 Å². The average Bonchev–Trinajstić information content (AvgIpc) is 2.48. The average molecular weight is 290 g/mol. The summed E-state index contributed by atoms with van der Waals surface area (Å²) in [5, 5.41) is 23.0. The first-order valence-electron chi connectivity index (χ1n) is 6.44. The van der Waals surface area contributed by atoms with Crippen LogP contribution in [-0.4, -0.2) is 16.6 Å². The van der Waals surface area contributed by atoms with Crippen molar-refractivity contribution in [2.75, 3.05) is 6.61 Å². The summed E-state index contributed by atoms with van der Waals surface area (Å²) in [5.41, 5.74) is 0.954. The lowest BCUT2D eigenvalue weighted by atomic mass is 10.1. The Kier molecular flexibility index (Phi) is 4.97. The molecule has 2 aromatic rings. The lowest BCUT2D eigenvalue weighted by Crippen LogP contribution is -2.24. The first-order chi connectivity index (χ1) is 10.1. The molecule has 0 heterocycles. The number of benzene rings is 2. The number of hydrogen-bond acceptors (Lipinski definition) is 4. The Morgan fingerprint density at radius 2 is 1.95 bits per heavy atom. The Balaban J connectivity index is 2.05. The first-order valence-corrected chi connectivity index (χ1v) is 6.44. The molecule has 0 aromatic heterocycles. The molecule has 5 nitrogen and oxygen atoms in total. The van der Waals surface area contributed by atoms with Crippen LogP contribution in [-0.2, 0) is 6.54 Å². The second-order valence-electron chi connectivity index (χ2n) is 4.57. The molecule has 0 aliphatic carbocycles. The van der Waals surface area contributed by atoms with E-state index in [1.165, 1.54) is 6.07 Å². The van der Waals surface area contributed by atoms with Gasteiger partial charge in [0, 0.05) is 12.6 Å². The molecule has 0 aliphatic heterocycles. The van der Waals surface area contributed by atoms with E-state index in [0.717, 1.165) is 17.7 Å². The number of nitrogens with zero attached hydrogens (tertiary/aromatic N) is 1. The normalized spacial score (nSPS) is 12.1. The summed E-state index contributed by atoms with van der Waals surface area (Å²) in [7, 11) is 0. The van der Waals surface area contributed by atoms with Gasteiger partial charge in [-0.3, -0.25) is 10.1 Å². The molecule has 0 spiro atoms. The van der Waals surface area contributed by atoms with E-state index in [4.69, 9.17) is 0 Å². The van der Waals surface area contributed by atoms with Crippen molar-refractivity contribution in [1.29, 1.82) is 0 Å². The van der Waals surface area contributed by atoms with E-state index >= 15 is 0 Å². The molecule has 6 heteroatoms. The molecule has 110 valence electrons. The quantitative estimate of drug-likeness (QED) is 0.633. The van der Waals surface area contributed by atoms with Crippen molar-refractivity contribution >= 4 is 5.69 Å². The van der Waals surface area contributed by atoms with Gasteiger partial charge in [-0.1, -0.05) is 36.4 Å². The standard InChI is InChI=1S/C15H15FN2O3/c16-13-8-11(6-7-15(13)18(20)21)9-17-14(10-19)12-4-2-1-3-5-12/h1-8,14,17,19H,9-10H2. The van der Waals surface area contributed by atoms with Crippen molar-refractivity contribution in [3.8, 4) is 0 Å². The molecule has 2 aromatic carbocycles. The van der Waals surface area contributed by atoms with Crippen LogP contribution in [0.25, 0.3) is 0 Å². The number of nitro benzene ring substituents is 1. The van der Waals surface area contributed by atoms with Gasteiger partial charge in [-0.2, -0.15) is 4.39 Å². The van der Waals surface area contributed by atoms with Gasteiger partial charge >= 0.3 is 5.69 Å². The molecule has 0 radical (unpaired) electrons. The Bertz CT molecular complexity index is 620. The van der Waals surface area contributed by atoms with Crippen molar-refractivity contribution in [1.82, 2.24) is 5.32 Å². The monoisotopic (exact) mass is 290 g/mol. The zero-order valence-electron chi connectivity index (χ0n) is 11.2. The van der Waals surface area contributed by atoms with Crippen LogP contribution in [0.3, 0.4) is 0 Å². The second kappa shape index (κ2) is 6.92. The largest absolute Gasteiger partial charge is 0.394 e. The van der Waals surface area contributed by atoms with Crippen LogP contribution in [0.15, 0.2) is 48.5 Å². The zero-order chi connectivity index (χ0) is 15.2. The van der Waals surface area contributed by atoms with Gasteiger partial charge in [0.25, 0.3) is 0 Å². The third kappa shape index (κ3) is 3.84. The minimum Gasteiger partial charge on any atom is -0.394 e. The van der Waals surface area contributed by atoms with E-state index in [9.17, 15) is 19.6 Å². The molecule has 2 rings (SSSR count). The summed E-state index contributed by atoms with van der Waals surface area (Å²) in [5.74, 6) is -0.862. The Morgan fingerprint density at radius 1 is 1.24 bits per heavy atom. The maximum Gasteiger partial charge on any atom is 0.304 e. The number of aliphatic hydroxyl groups is 1. The molecule has 0 bridgehead atoms. The number of nitrogens with one attached hydrogen (secondary N) is 1. The molecule has 0 saturated carbocycles. The Labute approximate surface area is 121 Å². The van der Waals surface area contributed by atoms with Crippen LogP contribution in [0.5, 0.6) is 0 Å². The van der Waals surface area contributed by atoms with Crippen LogP contribution >= 0.6 is 0 Å². The van der Waals surface area contributed by atoms with Gasteiger partial charge < -0.3 is 10.4 Å². The van der Waals surface area contributed by atoms with Gasteiger partial charge in [0.05, 0.1) is 17.6 Å². The highest BCUT2D eigenvalue weighted by atomic mass is 19.1. The Morgan fingerprint density at radius 3 is 2.52 bits per heavy atom. The van der Waals surface area contributed by atoms with Gasteiger partial charge in [0.1, 0.15) is 0 Å². The summed E-state index contributed by atoms with van der Waals surface area (Å²) in [4.78, 5) is 9.79. The molecule has 21 heavy (non-hydrogen) atoms. The van der Waals surface area contributed by atoms with E-state index in [0.29, 0.717) is 12.1 Å². The fraction of sp³-hybridized carbons (Fsp3) is 0.200. The van der Waals surface area contributed by atoms with E-state index in [2.05, 4.69) is 5.32 Å². The maximum atomic E-state index is 13.5. The predicted molar refractivity (Wildman–Crippen MR) is 76.2 cm³/mol. The fourth-order valence-corrected chi connectivity index (χ4v) is 2.02. The molecular weight excluding hydrogens is 275 g/mol. The highest BCUT2D eigenvalue weighted by Gasteiger charge is 2.14. The number of nitro groups is 1. The summed E-state index contributed by atoms with van der Waals surface area (Å²) in [6, 6.07) is 12.9. The Hall–Kier alpha value is -2.31. The third-order valence-electron chi connectivity index (χ3n) is 3.15. The summed E-state index contributed by atoms with van der Waals surface area (Å²) < 4.78 is 13.5. The van der Waals surface area contributed by atoms with Gasteiger partial charge in [0.15, 0.2) is 0 Å². The minimum absolute atomic E-state index is 0.0977. The van der Waals surface area contributed by atoms with Crippen molar-refractivity contribution in [3.63, 3.8) is 0 Å². The first kappa shape index (κ1) is 15.1. The number of hydrogen-bond donors (Lipinski definition) is 2. The highest BCUT2D eigenvalue weighted by molar-refractivity contribution is 5.35. The van der Waals surface area contributed by atoms with Crippen LogP contribution in [0.1, 0.15) is 17.2 Å². The van der Waals surface area contributed by atoms with Crippen LogP contribution in [0, 0.1) is 15.9 Å². The predicted octanol–water partition coefficient (Wildman–Crippen LogP) is 2.56. The summed E-state index contributed by atoms with van der Waals surface area (Å²) >= 11 is 0. The van der Waals surface area contributed by atoms with Crippen LogP contribution in [0.2, 0.25) is 0 Å². The lowest BCUT2D eigenvalue weighted by molar-refractivity contribution is -0.387. The molecule has 0 aliphatic rings.